The van der Waals surface area contributed by atoms with Gasteiger partial charge in [0, 0.05) is 7.11 Å². The van der Waals surface area contributed by atoms with Gasteiger partial charge in [-0.15, -0.1) is 0 Å². The summed E-state index contributed by atoms with van der Waals surface area (Å²) in [6.07, 6.45) is 2.57. The Kier molecular flexibility index (Phi) is 6.39. The Hall–Kier alpha value is -0.0800. The molecule has 0 saturated heterocycles. The molecule has 0 fully saturated rings. The van der Waals surface area contributed by atoms with Gasteiger partial charge >= 0.3 is 0 Å². The summed E-state index contributed by atoms with van der Waals surface area (Å²) in [6, 6.07) is 0. The zero-order valence-electron chi connectivity index (χ0n) is 8.71. The molecular formula is C10H22O2. The van der Waals surface area contributed by atoms with Gasteiger partial charge in [0.1, 0.15) is 0 Å². The van der Waals surface area contributed by atoms with Gasteiger partial charge in [-0.2, -0.15) is 0 Å². The number of ether oxygens (including phenoxy) is 1. The lowest BCUT2D eigenvalue weighted by molar-refractivity contribution is -0.0237. The fourth-order valence-electron chi connectivity index (χ4n) is 1.33. The van der Waals surface area contributed by atoms with Crippen LogP contribution in [0.4, 0.5) is 0 Å². The quantitative estimate of drug-likeness (QED) is 0.669. The lowest BCUT2D eigenvalue weighted by atomic mass is 9.97. The molecular weight excluding hydrogens is 152 g/mol. The molecule has 0 aromatic carbocycles. The van der Waals surface area contributed by atoms with Crippen LogP contribution < -0.4 is 0 Å². The Bertz CT molecular complexity index is 100. The molecule has 1 N–H and O–H groups in total. The standard InChI is InChI=1S/C10H22O2/c1-5-8(3)7-9(11)10(6-2)12-4/h8-11H,5-7H2,1-4H3. The van der Waals surface area contributed by atoms with Gasteiger partial charge < -0.3 is 9.84 Å². The van der Waals surface area contributed by atoms with Crippen molar-refractivity contribution in [3.05, 3.63) is 0 Å². The summed E-state index contributed by atoms with van der Waals surface area (Å²) in [4.78, 5) is 0. The highest BCUT2D eigenvalue weighted by atomic mass is 16.5. The molecule has 0 rings (SSSR count). The van der Waals surface area contributed by atoms with E-state index in [-0.39, 0.29) is 12.2 Å². The lowest BCUT2D eigenvalue weighted by Crippen LogP contribution is -2.28. The van der Waals surface area contributed by atoms with E-state index in [0.29, 0.717) is 5.92 Å². The van der Waals surface area contributed by atoms with Crippen LogP contribution in [0.1, 0.15) is 40.0 Å². The predicted molar refractivity (Wildman–Crippen MR) is 51.2 cm³/mol. The van der Waals surface area contributed by atoms with Gasteiger partial charge in [-0.05, 0) is 18.8 Å². The van der Waals surface area contributed by atoms with E-state index >= 15 is 0 Å². The van der Waals surface area contributed by atoms with E-state index in [1.54, 1.807) is 7.11 Å². The third-order valence-electron chi connectivity index (χ3n) is 2.48. The SMILES string of the molecule is CCC(C)CC(O)C(CC)OC. The highest BCUT2D eigenvalue weighted by Gasteiger charge is 2.18. The maximum Gasteiger partial charge on any atom is 0.0827 e. The number of aliphatic hydroxyl groups is 1. The Morgan fingerprint density at radius 2 is 1.83 bits per heavy atom. The molecule has 0 radical (unpaired) electrons. The van der Waals surface area contributed by atoms with Crippen LogP contribution in [0, 0.1) is 5.92 Å². The van der Waals surface area contributed by atoms with E-state index in [1.165, 1.54) is 0 Å². The fourth-order valence-corrected chi connectivity index (χ4v) is 1.33. The Morgan fingerprint density at radius 1 is 1.25 bits per heavy atom. The second-order valence-electron chi connectivity index (χ2n) is 3.50. The number of aliphatic hydroxyl groups excluding tert-OH is 1. The van der Waals surface area contributed by atoms with Crippen LogP contribution in [0.3, 0.4) is 0 Å². The normalized spacial score (nSPS) is 18.8. The first-order chi connectivity index (χ1) is 5.65. The molecule has 0 aliphatic carbocycles. The smallest absolute Gasteiger partial charge is 0.0827 e. The van der Waals surface area contributed by atoms with Crippen molar-refractivity contribution in [2.45, 2.75) is 52.2 Å². The van der Waals surface area contributed by atoms with Crippen molar-refractivity contribution in [1.82, 2.24) is 0 Å². The molecule has 3 atom stereocenters. The molecule has 0 aliphatic heterocycles. The van der Waals surface area contributed by atoms with Crippen molar-refractivity contribution in [2.75, 3.05) is 7.11 Å². The average molecular weight is 174 g/mol. The third-order valence-corrected chi connectivity index (χ3v) is 2.48. The van der Waals surface area contributed by atoms with E-state index in [2.05, 4.69) is 13.8 Å². The first-order valence-corrected chi connectivity index (χ1v) is 4.86. The highest BCUT2D eigenvalue weighted by Crippen LogP contribution is 2.15. The van der Waals surface area contributed by atoms with Crippen LogP contribution in [0.5, 0.6) is 0 Å². The van der Waals surface area contributed by atoms with Crippen molar-refractivity contribution >= 4 is 0 Å². The minimum atomic E-state index is -0.296. The number of hydrogen-bond acceptors (Lipinski definition) is 2. The van der Waals surface area contributed by atoms with Gasteiger partial charge in [-0.3, -0.25) is 0 Å². The Morgan fingerprint density at radius 3 is 2.17 bits per heavy atom. The molecule has 0 aliphatic rings. The van der Waals surface area contributed by atoms with E-state index < -0.39 is 0 Å². The second-order valence-corrected chi connectivity index (χ2v) is 3.50. The summed E-state index contributed by atoms with van der Waals surface area (Å²) in [5, 5.41) is 9.69. The molecule has 2 nitrogen and oxygen atoms in total. The highest BCUT2D eigenvalue weighted by molar-refractivity contribution is 4.69. The Balaban J connectivity index is 3.75. The largest absolute Gasteiger partial charge is 0.390 e. The maximum atomic E-state index is 9.69. The molecule has 2 heteroatoms. The number of methoxy groups -OCH3 is 1. The van der Waals surface area contributed by atoms with Crippen LogP contribution in [-0.4, -0.2) is 24.4 Å². The minimum absolute atomic E-state index is 0.0130. The van der Waals surface area contributed by atoms with Gasteiger partial charge in [0.05, 0.1) is 12.2 Å². The lowest BCUT2D eigenvalue weighted by Gasteiger charge is -2.22. The van der Waals surface area contributed by atoms with Crippen LogP contribution in [0.2, 0.25) is 0 Å². The predicted octanol–water partition coefficient (Wildman–Crippen LogP) is 2.21. The molecule has 0 spiro atoms. The van der Waals surface area contributed by atoms with Gasteiger partial charge in [0.25, 0.3) is 0 Å². The van der Waals surface area contributed by atoms with E-state index in [1.807, 2.05) is 6.92 Å². The zero-order chi connectivity index (χ0) is 9.56. The van der Waals surface area contributed by atoms with Gasteiger partial charge in [0.2, 0.25) is 0 Å². The van der Waals surface area contributed by atoms with Crippen molar-refractivity contribution in [1.29, 1.82) is 0 Å². The molecule has 0 aromatic rings. The average Bonchev–Trinajstić information content (AvgIpc) is 2.06. The van der Waals surface area contributed by atoms with E-state index in [9.17, 15) is 5.11 Å². The van der Waals surface area contributed by atoms with Crippen molar-refractivity contribution < 1.29 is 9.84 Å². The molecule has 0 amide bonds. The monoisotopic (exact) mass is 174 g/mol. The first kappa shape index (κ1) is 11.9. The summed E-state index contributed by atoms with van der Waals surface area (Å²) in [5.41, 5.74) is 0. The number of rotatable bonds is 6. The molecule has 0 saturated carbocycles. The third kappa shape index (κ3) is 4.07. The second kappa shape index (κ2) is 6.44. The summed E-state index contributed by atoms with van der Waals surface area (Å²) in [5.74, 6) is 0.587. The van der Waals surface area contributed by atoms with E-state index in [4.69, 9.17) is 4.74 Å². The Labute approximate surface area is 75.9 Å². The number of hydrogen-bond donors (Lipinski definition) is 1. The van der Waals surface area contributed by atoms with Gasteiger partial charge in [-0.1, -0.05) is 27.2 Å². The molecule has 0 aromatic heterocycles. The van der Waals surface area contributed by atoms with Crippen LogP contribution >= 0.6 is 0 Å². The van der Waals surface area contributed by atoms with Crippen LogP contribution in [0.25, 0.3) is 0 Å². The van der Waals surface area contributed by atoms with Crippen LogP contribution in [-0.2, 0) is 4.74 Å². The summed E-state index contributed by atoms with van der Waals surface area (Å²) in [6.45, 7) is 6.34. The topological polar surface area (TPSA) is 29.5 Å². The molecule has 3 unspecified atom stereocenters. The van der Waals surface area contributed by atoms with Crippen molar-refractivity contribution in [2.24, 2.45) is 5.92 Å². The van der Waals surface area contributed by atoms with E-state index in [0.717, 1.165) is 19.3 Å². The first-order valence-electron chi connectivity index (χ1n) is 4.86. The maximum absolute atomic E-state index is 9.69. The van der Waals surface area contributed by atoms with Crippen molar-refractivity contribution in [3.63, 3.8) is 0 Å². The molecule has 0 bridgehead atoms. The minimum Gasteiger partial charge on any atom is -0.390 e. The van der Waals surface area contributed by atoms with Crippen LogP contribution in [0.15, 0.2) is 0 Å². The summed E-state index contributed by atoms with van der Waals surface area (Å²) in [7, 11) is 1.66. The van der Waals surface area contributed by atoms with Crippen molar-refractivity contribution in [3.8, 4) is 0 Å². The molecule has 74 valence electrons. The van der Waals surface area contributed by atoms with Gasteiger partial charge in [0.15, 0.2) is 0 Å². The molecule has 0 heterocycles. The van der Waals surface area contributed by atoms with Gasteiger partial charge in [-0.25, -0.2) is 0 Å². The summed E-state index contributed by atoms with van der Waals surface area (Å²) >= 11 is 0. The molecule has 12 heavy (non-hydrogen) atoms. The fraction of sp³-hybridized carbons (Fsp3) is 1.00. The summed E-state index contributed by atoms with van der Waals surface area (Å²) < 4.78 is 5.16. The zero-order valence-corrected chi connectivity index (χ0v) is 8.71.